The summed E-state index contributed by atoms with van der Waals surface area (Å²) >= 11 is 0. The highest BCUT2D eigenvalue weighted by Gasteiger charge is 2.52. The number of nitrogens with zero attached hydrogens (tertiary/aromatic N) is 2. The lowest BCUT2D eigenvalue weighted by atomic mass is 9.69. The first-order chi connectivity index (χ1) is 23.8. The maximum atomic E-state index is 9.73. The van der Waals surface area contributed by atoms with E-state index in [1.54, 1.807) is 0 Å². The molecule has 0 radical (unpaired) electrons. The van der Waals surface area contributed by atoms with Crippen LogP contribution in [0.3, 0.4) is 0 Å². The Kier molecular flexibility index (Phi) is 5.59. The fourth-order valence-corrected chi connectivity index (χ4v) is 8.53. The maximum absolute atomic E-state index is 9.73. The van der Waals surface area contributed by atoms with Gasteiger partial charge in [0.15, 0.2) is 0 Å². The highest BCUT2D eigenvalue weighted by atomic mass is 15.1. The van der Waals surface area contributed by atoms with Crippen LogP contribution in [-0.4, -0.2) is 0 Å². The fourth-order valence-electron chi connectivity index (χ4n) is 8.53. The first-order valence-electron chi connectivity index (χ1n) is 16.4. The SMILES string of the molecule is N#Cc1cccc(N(c2ccccc2)c2ccc3cc4c(cc3c2)C2(c3ccccc3-c3ccccc32)c2c-4ccc3ccccc23)c1. The Morgan fingerprint density at radius 1 is 0.417 bits per heavy atom. The van der Waals surface area contributed by atoms with Crippen molar-refractivity contribution < 1.29 is 0 Å². The van der Waals surface area contributed by atoms with Crippen molar-refractivity contribution in [2.45, 2.75) is 5.41 Å². The van der Waals surface area contributed by atoms with Crippen molar-refractivity contribution in [2.75, 3.05) is 4.90 Å². The number of nitriles is 1. The molecule has 0 amide bonds. The van der Waals surface area contributed by atoms with Crippen LogP contribution in [0.2, 0.25) is 0 Å². The molecule has 10 rings (SSSR count). The standard InChI is InChI=1S/C46H28N2/c47-29-30-11-10-15-35(25-30)48(34-13-2-1-3-14-34)36-23-21-32-27-41-40-24-22-31-12-4-5-16-37(31)45(40)46(44(41)28-33(32)26-36)42-19-8-6-17-38(42)39-18-7-9-20-43(39)46/h1-28H. The second kappa shape index (κ2) is 10.0. The van der Waals surface area contributed by atoms with Crippen molar-refractivity contribution in [3.05, 3.63) is 198 Å². The van der Waals surface area contributed by atoms with Crippen molar-refractivity contribution in [1.82, 2.24) is 0 Å². The van der Waals surface area contributed by atoms with Gasteiger partial charge in [0.1, 0.15) is 0 Å². The van der Waals surface area contributed by atoms with Crippen molar-refractivity contribution in [3.63, 3.8) is 0 Å². The first-order valence-corrected chi connectivity index (χ1v) is 16.4. The van der Waals surface area contributed by atoms with E-state index in [9.17, 15) is 5.26 Å². The van der Waals surface area contributed by atoms with Gasteiger partial charge in [0, 0.05) is 17.1 Å². The summed E-state index contributed by atoms with van der Waals surface area (Å²) in [5, 5.41) is 14.7. The molecule has 0 aliphatic heterocycles. The summed E-state index contributed by atoms with van der Waals surface area (Å²) in [5.41, 5.74) is 13.8. The molecule has 2 aliphatic rings. The van der Waals surface area contributed by atoms with E-state index in [0.717, 1.165) is 17.1 Å². The van der Waals surface area contributed by atoms with E-state index in [2.05, 4.69) is 157 Å². The van der Waals surface area contributed by atoms with Gasteiger partial charge in [0.05, 0.1) is 17.0 Å². The molecule has 8 aromatic rings. The molecular weight excluding hydrogens is 581 g/mol. The molecule has 1 spiro atoms. The van der Waals surface area contributed by atoms with Crippen LogP contribution < -0.4 is 4.90 Å². The van der Waals surface area contributed by atoms with Crippen LogP contribution in [0.25, 0.3) is 43.8 Å². The number of anilines is 3. The van der Waals surface area contributed by atoms with Gasteiger partial charge < -0.3 is 4.90 Å². The van der Waals surface area contributed by atoms with Crippen LogP contribution in [0.4, 0.5) is 17.1 Å². The average Bonchev–Trinajstić information content (AvgIpc) is 3.61. The molecule has 0 unspecified atom stereocenters. The van der Waals surface area contributed by atoms with E-state index < -0.39 is 5.41 Å². The summed E-state index contributed by atoms with van der Waals surface area (Å²) in [4.78, 5) is 2.24. The van der Waals surface area contributed by atoms with Crippen molar-refractivity contribution in [1.29, 1.82) is 5.26 Å². The zero-order valence-corrected chi connectivity index (χ0v) is 26.1. The molecule has 0 atom stereocenters. The molecule has 0 bridgehead atoms. The molecule has 8 aromatic carbocycles. The number of para-hydroxylation sites is 1. The third kappa shape index (κ3) is 3.56. The first kappa shape index (κ1) is 26.8. The normalized spacial score (nSPS) is 13.1. The van der Waals surface area contributed by atoms with Crippen molar-refractivity contribution >= 4 is 38.6 Å². The number of hydrogen-bond acceptors (Lipinski definition) is 2. The molecule has 2 nitrogen and oxygen atoms in total. The fraction of sp³-hybridized carbons (Fsp3) is 0.0217. The van der Waals surface area contributed by atoms with Gasteiger partial charge in [-0.05, 0) is 121 Å². The quantitative estimate of drug-likeness (QED) is 0.199. The molecule has 2 aliphatic carbocycles. The number of rotatable bonds is 3. The van der Waals surface area contributed by atoms with Gasteiger partial charge >= 0.3 is 0 Å². The molecule has 48 heavy (non-hydrogen) atoms. The molecule has 0 N–H and O–H groups in total. The maximum Gasteiger partial charge on any atom is 0.0992 e. The Labute approximate surface area is 279 Å². The van der Waals surface area contributed by atoms with Gasteiger partial charge in [0.2, 0.25) is 0 Å². The predicted molar refractivity (Wildman–Crippen MR) is 197 cm³/mol. The van der Waals surface area contributed by atoms with E-state index >= 15 is 0 Å². The van der Waals surface area contributed by atoms with E-state index in [-0.39, 0.29) is 0 Å². The summed E-state index contributed by atoms with van der Waals surface area (Å²) in [6, 6.07) is 63.7. The minimum atomic E-state index is -0.441. The monoisotopic (exact) mass is 608 g/mol. The van der Waals surface area contributed by atoms with E-state index in [4.69, 9.17) is 0 Å². The molecule has 0 aromatic heterocycles. The van der Waals surface area contributed by atoms with E-state index in [1.165, 1.54) is 66.1 Å². The molecule has 0 saturated carbocycles. The lowest BCUT2D eigenvalue weighted by Gasteiger charge is -2.31. The molecule has 222 valence electrons. The lowest BCUT2D eigenvalue weighted by molar-refractivity contribution is 0.802. The second-order valence-corrected chi connectivity index (χ2v) is 12.8. The Morgan fingerprint density at radius 3 is 1.88 bits per heavy atom. The van der Waals surface area contributed by atoms with Crippen LogP contribution in [-0.2, 0) is 5.41 Å². The summed E-state index contributed by atoms with van der Waals surface area (Å²) < 4.78 is 0. The van der Waals surface area contributed by atoms with Gasteiger partial charge in [-0.25, -0.2) is 0 Å². The Hall–Kier alpha value is -6.43. The zero-order chi connectivity index (χ0) is 31.8. The third-order valence-electron chi connectivity index (χ3n) is 10.4. The average molecular weight is 609 g/mol. The van der Waals surface area contributed by atoms with Crippen LogP contribution in [0.1, 0.15) is 27.8 Å². The second-order valence-electron chi connectivity index (χ2n) is 12.8. The molecular formula is C46H28N2. The molecule has 2 heteroatoms. The number of fused-ring (bicyclic) bond motifs is 13. The van der Waals surface area contributed by atoms with Crippen LogP contribution in [0, 0.1) is 11.3 Å². The third-order valence-corrected chi connectivity index (χ3v) is 10.4. The van der Waals surface area contributed by atoms with Gasteiger partial charge in [0.25, 0.3) is 0 Å². The smallest absolute Gasteiger partial charge is 0.0992 e. The van der Waals surface area contributed by atoms with E-state index in [1.807, 2.05) is 24.3 Å². The predicted octanol–water partition coefficient (Wildman–Crippen LogP) is 11.7. The number of benzene rings is 8. The summed E-state index contributed by atoms with van der Waals surface area (Å²) in [7, 11) is 0. The molecule has 0 saturated heterocycles. The van der Waals surface area contributed by atoms with Crippen LogP contribution in [0.5, 0.6) is 0 Å². The number of hydrogen-bond donors (Lipinski definition) is 0. The Morgan fingerprint density at radius 2 is 1.08 bits per heavy atom. The highest BCUT2D eigenvalue weighted by molar-refractivity contribution is 6.06. The topological polar surface area (TPSA) is 27.0 Å². The Balaban J connectivity index is 1.28. The van der Waals surface area contributed by atoms with Gasteiger partial charge in [-0.15, -0.1) is 0 Å². The molecule has 0 heterocycles. The summed E-state index contributed by atoms with van der Waals surface area (Å²) in [6.07, 6.45) is 0. The lowest BCUT2D eigenvalue weighted by Crippen LogP contribution is -2.26. The highest BCUT2D eigenvalue weighted by Crippen LogP contribution is 2.64. The minimum Gasteiger partial charge on any atom is -0.310 e. The van der Waals surface area contributed by atoms with Crippen molar-refractivity contribution in [3.8, 4) is 28.3 Å². The van der Waals surface area contributed by atoms with Gasteiger partial charge in [-0.3, -0.25) is 0 Å². The summed E-state index contributed by atoms with van der Waals surface area (Å²) in [5.74, 6) is 0. The minimum absolute atomic E-state index is 0.441. The van der Waals surface area contributed by atoms with Crippen molar-refractivity contribution in [2.24, 2.45) is 0 Å². The van der Waals surface area contributed by atoms with Gasteiger partial charge in [-0.1, -0.05) is 115 Å². The largest absolute Gasteiger partial charge is 0.310 e. The van der Waals surface area contributed by atoms with Crippen LogP contribution >= 0.6 is 0 Å². The van der Waals surface area contributed by atoms with Crippen LogP contribution in [0.15, 0.2) is 170 Å². The molecule has 0 fully saturated rings. The van der Waals surface area contributed by atoms with E-state index in [0.29, 0.717) is 5.56 Å². The summed E-state index contributed by atoms with van der Waals surface area (Å²) in [6.45, 7) is 0. The van der Waals surface area contributed by atoms with Gasteiger partial charge in [-0.2, -0.15) is 5.26 Å². The zero-order valence-electron chi connectivity index (χ0n) is 26.1. The Bertz CT molecular complexity index is 2600.